The molecule has 0 aromatic heterocycles. The minimum atomic E-state index is -0.208. The molecule has 0 fully saturated rings. The topological polar surface area (TPSA) is 64.3 Å². The molecule has 5 heteroatoms. The van der Waals surface area contributed by atoms with Gasteiger partial charge >= 0.3 is 0 Å². The SMILES string of the molecule is COc1ccc(C(C)(C)CNC(=O)c2ccc(Cl)c(N)c2)cc1. The number of nitrogens with two attached hydrogens (primary N) is 1. The smallest absolute Gasteiger partial charge is 0.251 e. The summed E-state index contributed by atoms with van der Waals surface area (Å²) >= 11 is 5.87. The van der Waals surface area contributed by atoms with Gasteiger partial charge in [0.15, 0.2) is 0 Å². The summed E-state index contributed by atoms with van der Waals surface area (Å²) in [6, 6.07) is 12.7. The van der Waals surface area contributed by atoms with Gasteiger partial charge in [-0.05, 0) is 35.9 Å². The molecular formula is C18H21ClN2O2. The monoisotopic (exact) mass is 332 g/mol. The molecule has 0 saturated heterocycles. The highest BCUT2D eigenvalue weighted by atomic mass is 35.5. The molecule has 3 N–H and O–H groups in total. The maximum atomic E-state index is 12.3. The fraction of sp³-hybridized carbons (Fsp3) is 0.278. The number of amides is 1. The van der Waals surface area contributed by atoms with Gasteiger partial charge < -0.3 is 15.8 Å². The van der Waals surface area contributed by atoms with Gasteiger partial charge in [-0.1, -0.05) is 37.6 Å². The first-order valence-corrected chi connectivity index (χ1v) is 7.69. The van der Waals surface area contributed by atoms with Crippen LogP contribution in [0.1, 0.15) is 29.8 Å². The number of benzene rings is 2. The zero-order valence-electron chi connectivity index (χ0n) is 13.5. The summed E-state index contributed by atoms with van der Waals surface area (Å²) in [5, 5.41) is 3.39. The molecule has 0 saturated carbocycles. The fourth-order valence-corrected chi connectivity index (χ4v) is 2.35. The molecule has 1 amide bonds. The van der Waals surface area contributed by atoms with Crippen molar-refractivity contribution in [1.29, 1.82) is 0 Å². The van der Waals surface area contributed by atoms with Crippen LogP contribution >= 0.6 is 11.6 Å². The van der Waals surface area contributed by atoms with Gasteiger partial charge in [0.05, 0.1) is 17.8 Å². The van der Waals surface area contributed by atoms with Gasteiger partial charge in [0.2, 0.25) is 0 Å². The minimum absolute atomic E-state index is 0.171. The van der Waals surface area contributed by atoms with Crippen molar-refractivity contribution < 1.29 is 9.53 Å². The first-order valence-electron chi connectivity index (χ1n) is 7.31. The number of hydrogen-bond donors (Lipinski definition) is 2. The van der Waals surface area contributed by atoms with E-state index in [9.17, 15) is 4.79 Å². The predicted octanol–water partition coefficient (Wildman–Crippen LogP) is 3.64. The number of nitrogens with one attached hydrogen (secondary N) is 1. The van der Waals surface area contributed by atoms with E-state index in [0.29, 0.717) is 22.8 Å². The molecule has 0 bridgehead atoms. The molecule has 122 valence electrons. The fourth-order valence-electron chi connectivity index (χ4n) is 2.23. The van der Waals surface area contributed by atoms with Crippen LogP contribution in [0.15, 0.2) is 42.5 Å². The van der Waals surface area contributed by atoms with Crippen molar-refractivity contribution in [3.63, 3.8) is 0 Å². The average molecular weight is 333 g/mol. The van der Waals surface area contributed by atoms with Crippen LogP contribution in [0.3, 0.4) is 0 Å². The Morgan fingerprint density at radius 2 is 1.87 bits per heavy atom. The Morgan fingerprint density at radius 1 is 1.22 bits per heavy atom. The van der Waals surface area contributed by atoms with E-state index in [1.165, 1.54) is 0 Å². The summed E-state index contributed by atoms with van der Waals surface area (Å²) in [6.45, 7) is 4.65. The second-order valence-corrected chi connectivity index (χ2v) is 6.44. The van der Waals surface area contributed by atoms with Crippen molar-refractivity contribution in [3.05, 3.63) is 58.6 Å². The largest absolute Gasteiger partial charge is 0.497 e. The molecule has 0 aliphatic carbocycles. The van der Waals surface area contributed by atoms with E-state index in [4.69, 9.17) is 22.1 Å². The Labute approximate surface area is 141 Å². The molecule has 23 heavy (non-hydrogen) atoms. The number of methoxy groups -OCH3 is 1. The van der Waals surface area contributed by atoms with Crippen LogP contribution < -0.4 is 15.8 Å². The first-order chi connectivity index (χ1) is 10.8. The van der Waals surface area contributed by atoms with Gasteiger partial charge in [-0.3, -0.25) is 4.79 Å². The van der Waals surface area contributed by atoms with Crippen molar-refractivity contribution >= 4 is 23.2 Å². The van der Waals surface area contributed by atoms with Crippen LogP contribution in [0, 0.1) is 0 Å². The lowest BCUT2D eigenvalue weighted by atomic mass is 9.84. The number of anilines is 1. The summed E-state index contributed by atoms with van der Waals surface area (Å²) in [7, 11) is 1.64. The third-order valence-electron chi connectivity index (χ3n) is 3.82. The molecule has 0 spiro atoms. The Balaban J connectivity index is 2.05. The summed E-state index contributed by atoms with van der Waals surface area (Å²) in [5.74, 6) is 0.639. The van der Waals surface area contributed by atoms with Gasteiger partial charge in [-0.25, -0.2) is 0 Å². The summed E-state index contributed by atoms with van der Waals surface area (Å²) in [4.78, 5) is 12.3. The molecule has 0 heterocycles. The predicted molar refractivity (Wildman–Crippen MR) is 94.2 cm³/mol. The number of halogens is 1. The molecule has 2 rings (SSSR count). The first kappa shape index (κ1) is 17.2. The number of carbonyl (C=O) groups is 1. The third kappa shape index (κ3) is 4.17. The van der Waals surface area contributed by atoms with Gasteiger partial charge in [0.1, 0.15) is 5.75 Å². The maximum absolute atomic E-state index is 12.3. The lowest BCUT2D eigenvalue weighted by Crippen LogP contribution is -2.36. The molecule has 2 aromatic carbocycles. The zero-order chi connectivity index (χ0) is 17.0. The van der Waals surface area contributed by atoms with Gasteiger partial charge in [0.25, 0.3) is 5.91 Å². The van der Waals surface area contributed by atoms with E-state index in [1.807, 2.05) is 24.3 Å². The van der Waals surface area contributed by atoms with Crippen molar-refractivity contribution in [2.24, 2.45) is 0 Å². The highest BCUT2D eigenvalue weighted by molar-refractivity contribution is 6.33. The zero-order valence-corrected chi connectivity index (χ0v) is 14.3. The van der Waals surface area contributed by atoms with Gasteiger partial charge in [-0.15, -0.1) is 0 Å². The van der Waals surface area contributed by atoms with Crippen molar-refractivity contribution in [1.82, 2.24) is 5.32 Å². The Morgan fingerprint density at radius 3 is 2.43 bits per heavy atom. The van der Waals surface area contributed by atoms with Crippen LogP contribution in [-0.4, -0.2) is 19.6 Å². The number of ether oxygens (including phenoxy) is 1. The van der Waals surface area contributed by atoms with E-state index in [0.717, 1.165) is 11.3 Å². The van der Waals surface area contributed by atoms with E-state index < -0.39 is 0 Å². The van der Waals surface area contributed by atoms with Crippen LogP contribution in [0.5, 0.6) is 5.75 Å². The van der Waals surface area contributed by atoms with E-state index in [1.54, 1.807) is 25.3 Å². The Kier molecular flexibility index (Phi) is 5.16. The molecule has 0 radical (unpaired) electrons. The van der Waals surface area contributed by atoms with E-state index >= 15 is 0 Å². The van der Waals surface area contributed by atoms with Crippen LogP contribution in [0.2, 0.25) is 5.02 Å². The Hall–Kier alpha value is -2.20. The molecule has 4 nitrogen and oxygen atoms in total. The summed E-state index contributed by atoms with van der Waals surface area (Å²) in [5.41, 5.74) is 7.54. The second kappa shape index (κ2) is 6.92. The number of rotatable bonds is 5. The number of hydrogen-bond acceptors (Lipinski definition) is 3. The van der Waals surface area contributed by atoms with E-state index in [2.05, 4.69) is 19.2 Å². The molecule has 0 atom stereocenters. The maximum Gasteiger partial charge on any atom is 0.251 e. The van der Waals surface area contributed by atoms with Gasteiger partial charge in [-0.2, -0.15) is 0 Å². The minimum Gasteiger partial charge on any atom is -0.497 e. The van der Waals surface area contributed by atoms with Crippen molar-refractivity contribution in [2.45, 2.75) is 19.3 Å². The Bertz CT molecular complexity index is 697. The molecule has 2 aromatic rings. The number of nitrogen functional groups attached to an aromatic ring is 1. The van der Waals surface area contributed by atoms with Crippen molar-refractivity contribution in [3.8, 4) is 5.75 Å². The van der Waals surface area contributed by atoms with Crippen LogP contribution in [0.25, 0.3) is 0 Å². The number of carbonyl (C=O) groups excluding carboxylic acids is 1. The molecular weight excluding hydrogens is 312 g/mol. The van der Waals surface area contributed by atoms with Crippen molar-refractivity contribution in [2.75, 3.05) is 19.4 Å². The van der Waals surface area contributed by atoms with Crippen LogP contribution in [0.4, 0.5) is 5.69 Å². The quantitative estimate of drug-likeness (QED) is 0.822. The van der Waals surface area contributed by atoms with Gasteiger partial charge in [0, 0.05) is 17.5 Å². The second-order valence-electron chi connectivity index (χ2n) is 6.03. The normalized spacial score (nSPS) is 11.1. The summed E-state index contributed by atoms with van der Waals surface area (Å²) in [6.07, 6.45) is 0. The summed E-state index contributed by atoms with van der Waals surface area (Å²) < 4.78 is 5.17. The standard InChI is InChI=1S/C18H21ClN2O2/c1-18(2,13-5-7-14(23-3)8-6-13)11-21-17(22)12-4-9-15(19)16(20)10-12/h4-10H,11,20H2,1-3H3,(H,21,22). The lowest BCUT2D eigenvalue weighted by Gasteiger charge is -2.26. The lowest BCUT2D eigenvalue weighted by molar-refractivity contribution is 0.0945. The molecule has 0 unspecified atom stereocenters. The van der Waals surface area contributed by atoms with Crippen LogP contribution in [-0.2, 0) is 5.41 Å². The van der Waals surface area contributed by atoms with E-state index in [-0.39, 0.29) is 11.3 Å². The molecule has 0 aliphatic rings. The third-order valence-corrected chi connectivity index (χ3v) is 4.16. The highest BCUT2D eigenvalue weighted by Crippen LogP contribution is 2.25. The average Bonchev–Trinajstić information content (AvgIpc) is 2.55. The highest BCUT2D eigenvalue weighted by Gasteiger charge is 2.22. The molecule has 0 aliphatic heterocycles.